The topological polar surface area (TPSA) is 26.3 Å². The monoisotopic (exact) mass is 172 g/mol. The fraction of sp³-hybridized carbons (Fsp3) is 0.900. The summed E-state index contributed by atoms with van der Waals surface area (Å²) >= 11 is 0. The second kappa shape index (κ2) is 3.46. The predicted octanol–water partition coefficient (Wildman–Crippen LogP) is 2.62. The molecule has 0 radical (unpaired) electrons. The molecule has 12 heavy (non-hydrogen) atoms. The summed E-state index contributed by atoms with van der Waals surface area (Å²) in [6.07, 6.45) is 0. The van der Waals surface area contributed by atoms with Gasteiger partial charge in [0.1, 0.15) is 5.60 Å². The average Bonchev–Trinajstić information content (AvgIpc) is 1.85. The van der Waals surface area contributed by atoms with Crippen molar-refractivity contribution in [1.29, 1.82) is 0 Å². The Balaban J connectivity index is 4.73. The lowest BCUT2D eigenvalue weighted by Gasteiger charge is -2.43. The van der Waals surface area contributed by atoms with Crippen molar-refractivity contribution in [3.05, 3.63) is 0 Å². The van der Waals surface area contributed by atoms with Crippen molar-refractivity contribution < 1.29 is 9.53 Å². The van der Waals surface area contributed by atoms with Crippen molar-refractivity contribution in [2.45, 2.75) is 47.1 Å². The van der Waals surface area contributed by atoms with Gasteiger partial charge in [-0.05, 0) is 12.8 Å². The van der Waals surface area contributed by atoms with E-state index in [1.165, 1.54) is 0 Å². The molecule has 72 valence electrons. The van der Waals surface area contributed by atoms with E-state index in [1.54, 1.807) is 0 Å². The number of ether oxygens (including phenoxy) is 1. The minimum Gasteiger partial charge on any atom is -0.461 e. The third kappa shape index (κ3) is 1.99. The van der Waals surface area contributed by atoms with Gasteiger partial charge >= 0.3 is 0 Å². The van der Waals surface area contributed by atoms with Gasteiger partial charge in [-0.3, -0.25) is 4.79 Å². The maximum Gasteiger partial charge on any atom is 0.293 e. The largest absolute Gasteiger partial charge is 0.461 e. The molecular formula is C10H20O2. The van der Waals surface area contributed by atoms with E-state index in [4.69, 9.17) is 4.74 Å². The van der Waals surface area contributed by atoms with Gasteiger partial charge < -0.3 is 4.74 Å². The highest BCUT2D eigenvalue weighted by molar-refractivity contribution is 5.38. The Hall–Kier alpha value is -0.530. The van der Waals surface area contributed by atoms with Crippen LogP contribution in [0.5, 0.6) is 0 Å². The van der Waals surface area contributed by atoms with Crippen LogP contribution in [0.15, 0.2) is 0 Å². The molecule has 0 N–H and O–H groups in total. The van der Waals surface area contributed by atoms with Crippen molar-refractivity contribution in [3.63, 3.8) is 0 Å². The van der Waals surface area contributed by atoms with Crippen LogP contribution < -0.4 is 0 Å². The highest BCUT2D eigenvalue weighted by Gasteiger charge is 2.42. The fourth-order valence-electron chi connectivity index (χ4n) is 1.28. The Bertz CT molecular complexity index is 156. The predicted molar refractivity (Wildman–Crippen MR) is 49.8 cm³/mol. The number of hydrogen-bond acceptors (Lipinski definition) is 2. The Morgan fingerprint density at radius 3 is 1.67 bits per heavy atom. The summed E-state index contributed by atoms with van der Waals surface area (Å²) in [4.78, 5) is 10.3. The van der Waals surface area contributed by atoms with Gasteiger partial charge in [-0.15, -0.1) is 0 Å². The lowest BCUT2D eigenvalue weighted by atomic mass is 9.71. The Morgan fingerprint density at radius 2 is 1.58 bits per heavy atom. The molecule has 0 aliphatic heterocycles. The summed E-state index contributed by atoms with van der Waals surface area (Å²) in [5.41, 5.74) is -0.406. The van der Waals surface area contributed by atoms with E-state index in [9.17, 15) is 4.79 Å². The first-order valence-electron chi connectivity index (χ1n) is 4.37. The van der Waals surface area contributed by atoms with E-state index in [-0.39, 0.29) is 11.0 Å². The molecule has 0 bridgehead atoms. The number of carbonyl (C=O) groups is 1. The van der Waals surface area contributed by atoms with Crippen molar-refractivity contribution in [2.75, 3.05) is 0 Å². The van der Waals surface area contributed by atoms with Gasteiger partial charge in [0.05, 0.1) is 0 Å². The molecule has 1 atom stereocenters. The summed E-state index contributed by atoms with van der Waals surface area (Å²) in [5, 5.41) is 0. The van der Waals surface area contributed by atoms with Crippen molar-refractivity contribution in [1.82, 2.24) is 0 Å². The number of carbonyl (C=O) groups excluding carboxylic acids is 1. The van der Waals surface area contributed by atoms with Crippen LogP contribution in [-0.4, -0.2) is 12.1 Å². The normalized spacial score (nSPS) is 17.2. The van der Waals surface area contributed by atoms with Crippen LogP contribution in [0.4, 0.5) is 0 Å². The zero-order chi connectivity index (χ0) is 9.99. The van der Waals surface area contributed by atoms with Gasteiger partial charge in [-0.25, -0.2) is 0 Å². The highest BCUT2D eigenvalue weighted by atomic mass is 16.5. The van der Waals surface area contributed by atoms with E-state index in [1.807, 2.05) is 6.92 Å². The Labute approximate surface area is 75.3 Å². The van der Waals surface area contributed by atoms with Crippen molar-refractivity contribution in [2.24, 2.45) is 11.3 Å². The van der Waals surface area contributed by atoms with Crippen LogP contribution in [0.25, 0.3) is 0 Å². The summed E-state index contributed by atoms with van der Waals surface area (Å²) in [7, 11) is 0. The van der Waals surface area contributed by atoms with Crippen LogP contribution in [0.1, 0.15) is 41.5 Å². The van der Waals surface area contributed by atoms with E-state index < -0.39 is 0 Å². The molecule has 0 fully saturated rings. The Morgan fingerprint density at radius 1 is 1.17 bits per heavy atom. The first kappa shape index (κ1) is 11.5. The zero-order valence-corrected chi connectivity index (χ0v) is 8.97. The molecule has 0 aliphatic rings. The van der Waals surface area contributed by atoms with Crippen LogP contribution in [0, 0.1) is 11.3 Å². The first-order valence-corrected chi connectivity index (χ1v) is 4.37. The van der Waals surface area contributed by atoms with Gasteiger partial charge in [-0.1, -0.05) is 34.6 Å². The van der Waals surface area contributed by atoms with Crippen molar-refractivity contribution >= 4 is 6.47 Å². The summed E-state index contributed by atoms with van der Waals surface area (Å²) < 4.78 is 5.17. The minimum absolute atomic E-state index is 0.0257. The zero-order valence-electron chi connectivity index (χ0n) is 8.97. The maximum atomic E-state index is 10.3. The van der Waals surface area contributed by atoms with Crippen LogP contribution in [-0.2, 0) is 9.53 Å². The molecule has 0 aromatic rings. The standard InChI is InChI=1S/C10H20O2/c1-8(2)10(6,12-7-11)9(3,4)5/h7-8H,1-6H3. The van der Waals surface area contributed by atoms with Crippen molar-refractivity contribution in [3.8, 4) is 0 Å². The van der Waals surface area contributed by atoms with Crippen LogP contribution in [0.2, 0.25) is 0 Å². The Kier molecular flexibility index (Phi) is 3.31. The molecule has 1 unspecified atom stereocenters. The maximum absolute atomic E-state index is 10.3. The fourth-order valence-corrected chi connectivity index (χ4v) is 1.28. The molecule has 0 aromatic heterocycles. The second-order valence-corrected chi connectivity index (χ2v) is 4.73. The smallest absolute Gasteiger partial charge is 0.293 e. The third-order valence-electron chi connectivity index (χ3n) is 2.88. The molecule has 0 aromatic carbocycles. The summed E-state index contributed by atoms with van der Waals surface area (Å²) in [6, 6.07) is 0. The number of hydrogen-bond donors (Lipinski definition) is 0. The lowest BCUT2D eigenvalue weighted by molar-refractivity contribution is -0.162. The molecule has 0 rings (SSSR count). The molecule has 0 aliphatic carbocycles. The van der Waals surface area contributed by atoms with Gasteiger partial charge in [0, 0.05) is 5.41 Å². The van der Waals surface area contributed by atoms with E-state index in [2.05, 4.69) is 34.6 Å². The molecule has 0 amide bonds. The summed E-state index contributed by atoms with van der Waals surface area (Å²) in [5.74, 6) is 0.322. The molecule has 0 heterocycles. The average molecular weight is 172 g/mol. The van der Waals surface area contributed by atoms with Gasteiger partial charge in [0.15, 0.2) is 0 Å². The molecule has 0 spiro atoms. The second-order valence-electron chi connectivity index (χ2n) is 4.73. The highest BCUT2D eigenvalue weighted by Crippen LogP contribution is 2.38. The molecular weight excluding hydrogens is 152 g/mol. The molecule has 2 nitrogen and oxygen atoms in total. The quantitative estimate of drug-likeness (QED) is 0.612. The van der Waals surface area contributed by atoms with Gasteiger partial charge in [-0.2, -0.15) is 0 Å². The molecule has 2 heteroatoms. The van der Waals surface area contributed by atoms with Crippen LogP contribution in [0.3, 0.4) is 0 Å². The lowest BCUT2D eigenvalue weighted by Crippen LogP contribution is -2.46. The first-order chi connectivity index (χ1) is 5.25. The third-order valence-corrected chi connectivity index (χ3v) is 2.88. The molecule has 0 saturated heterocycles. The van der Waals surface area contributed by atoms with E-state index in [0.29, 0.717) is 12.4 Å². The van der Waals surface area contributed by atoms with E-state index in [0.717, 1.165) is 0 Å². The minimum atomic E-state index is -0.380. The van der Waals surface area contributed by atoms with Gasteiger partial charge in [0.2, 0.25) is 0 Å². The SMILES string of the molecule is CC(C)C(C)(OC=O)C(C)(C)C. The number of rotatable bonds is 3. The van der Waals surface area contributed by atoms with Crippen LogP contribution >= 0.6 is 0 Å². The molecule has 0 saturated carbocycles. The summed E-state index contributed by atoms with van der Waals surface area (Å²) in [6.45, 7) is 12.9. The van der Waals surface area contributed by atoms with E-state index >= 15 is 0 Å². The van der Waals surface area contributed by atoms with Gasteiger partial charge in [0.25, 0.3) is 6.47 Å².